The van der Waals surface area contributed by atoms with Gasteiger partial charge in [-0.05, 0) is 24.6 Å². The van der Waals surface area contributed by atoms with Gasteiger partial charge in [-0.1, -0.05) is 30.3 Å². The summed E-state index contributed by atoms with van der Waals surface area (Å²) in [5.41, 5.74) is 4.90. The van der Waals surface area contributed by atoms with Crippen LogP contribution in [0, 0.1) is 10.1 Å². The monoisotopic (exact) mass is 357 g/mol. The highest BCUT2D eigenvalue weighted by Crippen LogP contribution is 2.16. The molecule has 2 aromatic carbocycles. The Kier molecular flexibility index (Phi) is 6.40. The van der Waals surface area contributed by atoms with Gasteiger partial charge in [0.25, 0.3) is 11.6 Å². The molecule has 0 aromatic heterocycles. The zero-order valence-electron chi connectivity index (χ0n) is 14.3. The molecular weight excluding hydrogens is 336 g/mol. The van der Waals surface area contributed by atoms with Gasteiger partial charge in [0, 0.05) is 24.2 Å². The third-order valence-corrected chi connectivity index (χ3v) is 3.71. The average molecular weight is 357 g/mol. The molecule has 0 radical (unpaired) electrons. The first kappa shape index (κ1) is 19.1. The number of hydrogen-bond acceptors (Lipinski definition) is 4. The number of carbonyl (C=O) groups is 2. The second-order valence-corrected chi connectivity index (χ2v) is 5.95. The van der Waals surface area contributed by atoms with Crippen LogP contribution >= 0.6 is 0 Å². The maximum Gasteiger partial charge on any atom is 0.278 e. The highest BCUT2D eigenvalue weighted by Gasteiger charge is 2.24. The van der Waals surface area contributed by atoms with E-state index in [0.717, 1.165) is 5.56 Å². The Hall–Kier alpha value is -3.26. The van der Waals surface area contributed by atoms with Gasteiger partial charge >= 0.3 is 0 Å². The van der Waals surface area contributed by atoms with Gasteiger partial charge in [0.1, 0.15) is 6.04 Å². The quantitative estimate of drug-likeness (QED) is 0.502. The highest BCUT2D eigenvalue weighted by atomic mass is 16.6. The largest absolute Gasteiger partial charge is 0.348 e. The lowest BCUT2D eigenvalue weighted by Crippen LogP contribution is -2.67. The fourth-order valence-corrected chi connectivity index (χ4v) is 2.27. The Morgan fingerprint density at radius 3 is 2.23 bits per heavy atom. The zero-order chi connectivity index (χ0) is 19.1. The first-order chi connectivity index (χ1) is 12.4. The fourth-order valence-electron chi connectivity index (χ4n) is 2.27. The molecule has 0 fully saturated rings. The number of benzene rings is 2. The molecule has 8 heteroatoms. The number of nitrogens with one attached hydrogen (secondary N) is 2. The summed E-state index contributed by atoms with van der Waals surface area (Å²) in [6.45, 7) is 1.64. The van der Waals surface area contributed by atoms with E-state index in [1.165, 1.54) is 24.3 Å². The molecule has 136 valence electrons. The summed E-state index contributed by atoms with van der Waals surface area (Å²) < 4.78 is 0. The predicted octanol–water partition coefficient (Wildman–Crippen LogP) is 0.891. The van der Waals surface area contributed by atoms with Crippen LogP contribution in [0.15, 0.2) is 54.6 Å². The van der Waals surface area contributed by atoms with E-state index in [4.69, 9.17) is 0 Å². The normalized spacial score (nSPS) is 12.7. The third kappa shape index (κ3) is 5.38. The molecular formula is C18H21N4O4+. The molecule has 0 bridgehead atoms. The van der Waals surface area contributed by atoms with Crippen molar-refractivity contribution in [1.82, 2.24) is 5.32 Å². The molecule has 0 aliphatic heterocycles. The van der Waals surface area contributed by atoms with Gasteiger partial charge in [-0.25, -0.2) is 0 Å². The maximum atomic E-state index is 12.6. The predicted molar refractivity (Wildman–Crippen MR) is 96.2 cm³/mol. The molecule has 0 aliphatic rings. The molecule has 5 N–H and O–H groups in total. The molecule has 0 heterocycles. The molecule has 2 aromatic rings. The van der Waals surface area contributed by atoms with E-state index in [9.17, 15) is 19.7 Å². The number of hydrogen-bond donors (Lipinski definition) is 3. The number of quaternary nitrogens is 1. The molecule has 0 unspecified atom stereocenters. The molecule has 0 aliphatic carbocycles. The van der Waals surface area contributed by atoms with E-state index in [0.29, 0.717) is 12.1 Å². The molecule has 0 saturated carbocycles. The molecule has 2 rings (SSSR count). The van der Waals surface area contributed by atoms with E-state index in [2.05, 4.69) is 16.4 Å². The minimum absolute atomic E-state index is 0.0666. The van der Waals surface area contributed by atoms with Crippen molar-refractivity contribution in [2.45, 2.75) is 25.4 Å². The van der Waals surface area contributed by atoms with Gasteiger partial charge in [-0.3, -0.25) is 19.7 Å². The Bertz CT molecular complexity index is 776. The number of rotatable bonds is 7. The van der Waals surface area contributed by atoms with Crippen LogP contribution in [0.2, 0.25) is 0 Å². The van der Waals surface area contributed by atoms with Crippen LogP contribution in [0.5, 0.6) is 0 Å². The Morgan fingerprint density at radius 1 is 1.08 bits per heavy atom. The van der Waals surface area contributed by atoms with Crippen LogP contribution in [-0.2, 0) is 16.0 Å². The number of amides is 2. The Morgan fingerprint density at radius 2 is 1.69 bits per heavy atom. The van der Waals surface area contributed by atoms with Crippen molar-refractivity contribution in [3.05, 3.63) is 70.3 Å². The number of nitrogens with zero attached hydrogens (tertiary/aromatic N) is 1. The number of non-ortho nitro benzene ring substituents is 1. The topological polar surface area (TPSA) is 129 Å². The summed E-state index contributed by atoms with van der Waals surface area (Å²) in [6, 6.07) is 13.5. The average Bonchev–Trinajstić information content (AvgIpc) is 2.62. The van der Waals surface area contributed by atoms with Crippen molar-refractivity contribution in [3.63, 3.8) is 0 Å². The van der Waals surface area contributed by atoms with Crippen LogP contribution in [0.25, 0.3) is 0 Å². The molecule has 2 amide bonds. The van der Waals surface area contributed by atoms with Crippen LogP contribution in [-0.4, -0.2) is 28.8 Å². The lowest BCUT2D eigenvalue weighted by Gasteiger charge is -2.19. The first-order valence-electron chi connectivity index (χ1n) is 8.09. The van der Waals surface area contributed by atoms with Crippen LogP contribution in [0.3, 0.4) is 0 Å². The number of nitro benzene ring substituents is 1. The number of carbonyl (C=O) groups excluding carboxylic acids is 2. The fraction of sp³-hybridized carbons (Fsp3) is 0.222. The van der Waals surface area contributed by atoms with E-state index >= 15 is 0 Å². The van der Waals surface area contributed by atoms with Crippen molar-refractivity contribution in [2.75, 3.05) is 5.32 Å². The lowest BCUT2D eigenvalue weighted by atomic mass is 10.0. The van der Waals surface area contributed by atoms with Gasteiger partial charge in [-0.2, -0.15) is 0 Å². The third-order valence-electron chi connectivity index (χ3n) is 3.71. The van der Waals surface area contributed by atoms with E-state index in [1.54, 1.807) is 6.92 Å². The van der Waals surface area contributed by atoms with Crippen LogP contribution in [0.1, 0.15) is 12.5 Å². The highest BCUT2D eigenvalue weighted by molar-refractivity contribution is 5.97. The summed E-state index contributed by atoms with van der Waals surface area (Å²) in [5, 5.41) is 16.1. The van der Waals surface area contributed by atoms with Gasteiger partial charge in [0.2, 0.25) is 5.91 Å². The summed E-state index contributed by atoms with van der Waals surface area (Å²) in [5.74, 6) is -0.735. The summed E-state index contributed by atoms with van der Waals surface area (Å²) >= 11 is 0. The summed E-state index contributed by atoms with van der Waals surface area (Å²) in [7, 11) is 0. The molecule has 26 heavy (non-hydrogen) atoms. The standard InChI is InChI=1S/C18H20N4O4/c1-12(19)17(23)21-16(11-13-5-3-2-4-6-13)18(24)20-14-7-9-15(10-8-14)22(25)26/h2-10,12,16H,11,19H2,1H3,(H,20,24)(H,21,23)/p+1/t12-,16-/m0/s1. The van der Waals surface area contributed by atoms with E-state index < -0.39 is 22.9 Å². The molecule has 0 spiro atoms. The SMILES string of the molecule is C[C@H]([NH3+])C(=O)N[C@@H](Cc1ccccc1)C(=O)Nc1ccc([N+](=O)[O-])cc1. The van der Waals surface area contributed by atoms with Gasteiger partial charge < -0.3 is 16.4 Å². The van der Waals surface area contributed by atoms with Crippen molar-refractivity contribution >= 4 is 23.2 Å². The van der Waals surface area contributed by atoms with Crippen LogP contribution in [0.4, 0.5) is 11.4 Å². The summed E-state index contributed by atoms with van der Waals surface area (Å²) in [6.07, 6.45) is 0.318. The molecule has 2 atom stereocenters. The lowest BCUT2D eigenvalue weighted by molar-refractivity contribution is -0.398. The van der Waals surface area contributed by atoms with E-state index in [-0.39, 0.29) is 11.6 Å². The van der Waals surface area contributed by atoms with Crippen LogP contribution < -0.4 is 16.4 Å². The van der Waals surface area contributed by atoms with Crippen molar-refractivity contribution in [1.29, 1.82) is 0 Å². The maximum absolute atomic E-state index is 12.6. The zero-order valence-corrected chi connectivity index (χ0v) is 14.3. The Balaban J connectivity index is 2.13. The molecule has 0 saturated heterocycles. The second-order valence-electron chi connectivity index (χ2n) is 5.95. The van der Waals surface area contributed by atoms with Gasteiger partial charge in [0.15, 0.2) is 6.04 Å². The number of anilines is 1. The second kappa shape index (κ2) is 8.72. The summed E-state index contributed by atoms with van der Waals surface area (Å²) in [4.78, 5) is 34.8. The Labute approximate surface area is 150 Å². The van der Waals surface area contributed by atoms with Crippen molar-refractivity contribution in [3.8, 4) is 0 Å². The number of nitro groups is 1. The minimum atomic E-state index is -0.788. The van der Waals surface area contributed by atoms with Gasteiger partial charge in [-0.15, -0.1) is 0 Å². The van der Waals surface area contributed by atoms with Gasteiger partial charge in [0.05, 0.1) is 4.92 Å². The first-order valence-corrected chi connectivity index (χ1v) is 8.09. The van der Waals surface area contributed by atoms with E-state index in [1.807, 2.05) is 30.3 Å². The smallest absolute Gasteiger partial charge is 0.278 e. The van der Waals surface area contributed by atoms with Crippen molar-refractivity contribution < 1.29 is 20.2 Å². The molecule has 8 nitrogen and oxygen atoms in total. The van der Waals surface area contributed by atoms with Crippen molar-refractivity contribution in [2.24, 2.45) is 0 Å². The minimum Gasteiger partial charge on any atom is -0.348 e.